The minimum absolute atomic E-state index is 0.135. The fraction of sp³-hybridized carbons (Fsp3) is 0.481. The Balaban J connectivity index is 1.49. The first-order valence-electron chi connectivity index (χ1n) is 13.1. The molecule has 40 heavy (non-hydrogen) atoms. The van der Waals surface area contributed by atoms with E-state index in [4.69, 9.17) is 11.6 Å². The number of hydrogen-bond acceptors (Lipinski definition) is 7. The summed E-state index contributed by atoms with van der Waals surface area (Å²) in [5.74, 6) is -0.501. The van der Waals surface area contributed by atoms with Crippen molar-refractivity contribution in [1.29, 1.82) is 0 Å². The van der Waals surface area contributed by atoms with Gasteiger partial charge in [0.1, 0.15) is 12.9 Å². The highest BCUT2D eigenvalue weighted by Gasteiger charge is 2.39. The molecule has 2 saturated heterocycles. The van der Waals surface area contributed by atoms with E-state index < -0.39 is 24.7 Å². The van der Waals surface area contributed by atoms with Gasteiger partial charge in [0.05, 0.1) is 22.5 Å². The Morgan fingerprint density at radius 3 is 2.52 bits per heavy atom. The van der Waals surface area contributed by atoms with Crippen LogP contribution < -0.4 is 5.32 Å². The maximum Gasteiger partial charge on any atom is 0.406 e. The lowest BCUT2D eigenvalue weighted by molar-refractivity contribution is -0.149. The smallest absolute Gasteiger partial charge is 0.315 e. The monoisotopic (exact) mass is 594 g/mol. The molecule has 214 valence electrons. The summed E-state index contributed by atoms with van der Waals surface area (Å²) >= 11 is 7.84. The van der Waals surface area contributed by atoms with Crippen molar-refractivity contribution >= 4 is 45.1 Å². The van der Waals surface area contributed by atoms with Gasteiger partial charge in [-0.1, -0.05) is 11.6 Å². The number of carbonyl (C=O) groups is 2. The van der Waals surface area contributed by atoms with Gasteiger partial charge in [-0.15, -0.1) is 11.3 Å². The second-order valence-electron chi connectivity index (χ2n) is 10.5. The lowest BCUT2D eigenvalue weighted by Gasteiger charge is -2.40. The number of amides is 3. The predicted octanol–water partition coefficient (Wildman–Crippen LogP) is 5.22. The first kappa shape index (κ1) is 28.7. The molecule has 1 aromatic carbocycles. The second-order valence-corrected chi connectivity index (χ2v) is 12.0. The van der Waals surface area contributed by atoms with Crippen LogP contribution in [0.4, 0.5) is 18.0 Å². The molecular formula is C27H30ClF3N6O2S. The van der Waals surface area contributed by atoms with Gasteiger partial charge in [0.2, 0.25) is 5.91 Å². The molecule has 2 atom stereocenters. The fourth-order valence-electron chi connectivity index (χ4n) is 5.45. The number of aryl methyl sites for hydroxylation is 1. The summed E-state index contributed by atoms with van der Waals surface area (Å²) in [6.07, 6.45) is -3.24. The lowest BCUT2D eigenvalue weighted by Crippen LogP contribution is -2.54. The summed E-state index contributed by atoms with van der Waals surface area (Å²) in [5.41, 5.74) is 4.33. The van der Waals surface area contributed by atoms with Crippen LogP contribution >= 0.6 is 22.9 Å². The van der Waals surface area contributed by atoms with E-state index in [0.29, 0.717) is 44.6 Å². The van der Waals surface area contributed by atoms with E-state index in [-0.39, 0.29) is 19.5 Å². The summed E-state index contributed by atoms with van der Waals surface area (Å²) in [6.45, 7) is 7.14. The van der Waals surface area contributed by atoms with Crippen molar-refractivity contribution in [2.45, 2.75) is 58.5 Å². The number of aromatic nitrogens is 2. The number of nitrogens with zero attached hydrogens (tertiary/aromatic N) is 5. The second kappa shape index (κ2) is 11.2. The van der Waals surface area contributed by atoms with E-state index in [9.17, 15) is 22.8 Å². The summed E-state index contributed by atoms with van der Waals surface area (Å²) < 4.78 is 39.6. The number of thiophene rings is 1. The molecule has 3 amide bonds. The van der Waals surface area contributed by atoms with Crippen molar-refractivity contribution in [3.05, 3.63) is 45.6 Å². The molecule has 2 fully saturated rings. The Hall–Kier alpha value is -2.80. The number of halogens is 4. The molecule has 1 N–H and O–H groups in total. The summed E-state index contributed by atoms with van der Waals surface area (Å²) in [7, 11) is 0. The number of rotatable bonds is 6. The minimum atomic E-state index is -4.54. The zero-order valence-electron chi connectivity index (χ0n) is 22.4. The number of nitrogens with one attached hydrogen (secondary N) is 1. The third-order valence-electron chi connectivity index (χ3n) is 7.49. The van der Waals surface area contributed by atoms with Crippen LogP contribution in [0.5, 0.6) is 0 Å². The summed E-state index contributed by atoms with van der Waals surface area (Å²) in [5, 5.41) is 4.04. The highest BCUT2D eigenvalue weighted by atomic mass is 35.5. The molecule has 0 aliphatic carbocycles. The predicted molar refractivity (Wildman–Crippen MR) is 148 cm³/mol. The SMILES string of the molecule is Cc1cc(Cl)cc(-c2ncnc3cc(CN4C(=O)CCN(CC(F)(F)F)C4=O)sc23)c1CN1C(C)CNCC1C. The molecular weight excluding hydrogens is 565 g/mol. The van der Waals surface area contributed by atoms with Crippen LogP contribution in [-0.4, -0.2) is 81.0 Å². The average molecular weight is 595 g/mol. The molecule has 4 heterocycles. The Labute approximate surface area is 239 Å². The Morgan fingerprint density at radius 2 is 1.82 bits per heavy atom. The quantitative estimate of drug-likeness (QED) is 0.422. The van der Waals surface area contributed by atoms with Crippen molar-refractivity contribution in [3.63, 3.8) is 0 Å². The Bertz CT molecular complexity index is 1440. The lowest BCUT2D eigenvalue weighted by atomic mass is 9.96. The highest BCUT2D eigenvalue weighted by molar-refractivity contribution is 7.19. The molecule has 13 heteroatoms. The molecule has 2 aliphatic heterocycles. The number of carbonyl (C=O) groups excluding carboxylic acids is 2. The maximum atomic E-state index is 13.0. The molecule has 0 bridgehead atoms. The number of alkyl halides is 3. The Kier molecular flexibility index (Phi) is 8.06. The molecule has 2 unspecified atom stereocenters. The molecule has 3 aromatic rings. The number of urea groups is 1. The highest BCUT2D eigenvalue weighted by Crippen LogP contribution is 2.38. The minimum Gasteiger partial charge on any atom is -0.315 e. The van der Waals surface area contributed by atoms with Crippen LogP contribution in [0.3, 0.4) is 0 Å². The van der Waals surface area contributed by atoms with Crippen LogP contribution in [0.2, 0.25) is 5.02 Å². The summed E-state index contributed by atoms with van der Waals surface area (Å²) in [6, 6.07) is 5.32. The van der Waals surface area contributed by atoms with Gasteiger partial charge >= 0.3 is 12.2 Å². The first-order chi connectivity index (χ1) is 18.9. The van der Waals surface area contributed by atoms with Gasteiger partial charge in [0.15, 0.2) is 0 Å². The third-order valence-corrected chi connectivity index (χ3v) is 8.82. The van der Waals surface area contributed by atoms with Gasteiger partial charge in [-0.25, -0.2) is 14.8 Å². The summed E-state index contributed by atoms with van der Waals surface area (Å²) in [4.78, 5) is 38.9. The van der Waals surface area contributed by atoms with Crippen molar-refractivity contribution in [3.8, 4) is 11.3 Å². The van der Waals surface area contributed by atoms with Crippen LogP contribution in [-0.2, 0) is 17.9 Å². The normalized spacial score (nSPS) is 21.1. The number of imide groups is 1. The van der Waals surface area contributed by atoms with Crippen molar-refractivity contribution in [1.82, 2.24) is 30.0 Å². The van der Waals surface area contributed by atoms with E-state index >= 15 is 0 Å². The van der Waals surface area contributed by atoms with E-state index in [1.807, 2.05) is 19.1 Å². The van der Waals surface area contributed by atoms with E-state index in [1.165, 1.54) is 17.7 Å². The van der Waals surface area contributed by atoms with E-state index in [0.717, 1.165) is 39.4 Å². The van der Waals surface area contributed by atoms with Gasteiger partial charge in [-0.2, -0.15) is 13.2 Å². The van der Waals surface area contributed by atoms with Crippen molar-refractivity contribution < 1.29 is 22.8 Å². The van der Waals surface area contributed by atoms with E-state index in [1.54, 1.807) is 6.07 Å². The van der Waals surface area contributed by atoms with Gasteiger partial charge in [-0.05, 0) is 50.1 Å². The molecule has 5 rings (SSSR count). The van der Waals surface area contributed by atoms with Gasteiger partial charge in [0.25, 0.3) is 0 Å². The van der Waals surface area contributed by atoms with Crippen LogP contribution in [0.25, 0.3) is 21.5 Å². The molecule has 0 radical (unpaired) electrons. The fourth-order valence-corrected chi connectivity index (χ4v) is 6.82. The van der Waals surface area contributed by atoms with Crippen molar-refractivity contribution in [2.24, 2.45) is 0 Å². The molecule has 8 nitrogen and oxygen atoms in total. The first-order valence-corrected chi connectivity index (χ1v) is 14.3. The van der Waals surface area contributed by atoms with Crippen molar-refractivity contribution in [2.75, 3.05) is 26.2 Å². The molecule has 0 spiro atoms. The standard InChI is InChI=1S/C27H30ClF3N6O2S/c1-15-6-18(28)7-20(21(15)12-36-16(2)9-32-10-17(36)3)24-25-22(33-14-34-24)8-19(40-25)11-37-23(38)4-5-35(26(37)39)13-27(29,30)31/h6-8,14,16-17,32H,4-5,9-13H2,1-3H3. The van der Waals surface area contributed by atoms with Gasteiger partial charge < -0.3 is 10.2 Å². The molecule has 0 saturated carbocycles. The zero-order valence-corrected chi connectivity index (χ0v) is 24.0. The van der Waals surface area contributed by atoms with Gasteiger partial charge in [0, 0.05) is 60.1 Å². The van der Waals surface area contributed by atoms with Crippen LogP contribution in [0.1, 0.15) is 36.3 Å². The number of hydrogen-bond donors (Lipinski definition) is 1. The largest absolute Gasteiger partial charge is 0.406 e. The number of piperazine rings is 1. The third kappa shape index (κ3) is 5.95. The van der Waals surface area contributed by atoms with Crippen LogP contribution in [0, 0.1) is 6.92 Å². The Morgan fingerprint density at radius 1 is 1.10 bits per heavy atom. The maximum absolute atomic E-state index is 13.0. The molecule has 2 aliphatic rings. The van der Waals surface area contributed by atoms with Crippen LogP contribution in [0.15, 0.2) is 24.5 Å². The topological polar surface area (TPSA) is 81.7 Å². The zero-order chi connectivity index (χ0) is 28.8. The number of fused-ring (bicyclic) bond motifs is 1. The average Bonchev–Trinajstić information content (AvgIpc) is 3.29. The number of benzene rings is 1. The molecule has 2 aromatic heterocycles. The van der Waals surface area contributed by atoms with Gasteiger partial charge in [-0.3, -0.25) is 14.6 Å². The van der Waals surface area contributed by atoms with E-state index in [2.05, 4.69) is 34.0 Å².